The molecule has 0 bridgehead atoms. The number of ether oxygens (including phenoxy) is 1. The van der Waals surface area contributed by atoms with Crippen LogP contribution in [0.2, 0.25) is 0 Å². The third kappa shape index (κ3) is 7.00. The van der Waals surface area contributed by atoms with Gasteiger partial charge < -0.3 is 4.74 Å². The largest absolute Gasteiger partial charge is 0.453 e. The summed E-state index contributed by atoms with van der Waals surface area (Å²) in [5, 5.41) is 2.41. The Bertz CT molecular complexity index is 730. The number of carbonyl (C=O) groups is 1. The number of piperidine rings is 1. The Balaban J connectivity index is 1.84. The van der Waals surface area contributed by atoms with Gasteiger partial charge in [0.15, 0.2) is 0 Å². The summed E-state index contributed by atoms with van der Waals surface area (Å²) >= 11 is 0. The van der Waals surface area contributed by atoms with Crippen molar-refractivity contribution in [1.29, 1.82) is 0 Å². The molecule has 0 unspecified atom stereocenters. The number of nitrogens with one attached hydrogen (secondary N) is 2. The maximum atomic E-state index is 12.4. The minimum Gasteiger partial charge on any atom is -0.453 e. The molecule has 11 heteroatoms. The van der Waals surface area contributed by atoms with E-state index in [1.54, 1.807) is 0 Å². The Morgan fingerprint density at radius 2 is 1.81 bits per heavy atom. The van der Waals surface area contributed by atoms with Crippen molar-refractivity contribution in [3.63, 3.8) is 0 Å². The number of alkyl halides is 3. The van der Waals surface area contributed by atoms with Crippen LogP contribution in [-0.2, 0) is 14.8 Å². The first-order valence-electron chi connectivity index (χ1n) is 8.33. The van der Waals surface area contributed by atoms with Gasteiger partial charge in [-0.2, -0.15) is 13.2 Å². The molecule has 1 aromatic carbocycles. The van der Waals surface area contributed by atoms with Crippen molar-refractivity contribution in [3.05, 3.63) is 24.3 Å². The molecule has 0 spiro atoms. The normalized spacial score (nSPS) is 16.9. The predicted molar refractivity (Wildman–Crippen MR) is 92.9 cm³/mol. The molecule has 1 heterocycles. The fraction of sp³-hybridized carbons (Fsp3) is 0.562. The van der Waals surface area contributed by atoms with Crippen molar-refractivity contribution in [3.8, 4) is 0 Å². The van der Waals surface area contributed by atoms with E-state index < -0.39 is 28.8 Å². The minimum absolute atomic E-state index is 0.00970. The fourth-order valence-electron chi connectivity index (χ4n) is 2.80. The van der Waals surface area contributed by atoms with Crippen LogP contribution in [0.3, 0.4) is 0 Å². The Morgan fingerprint density at radius 1 is 1.22 bits per heavy atom. The van der Waals surface area contributed by atoms with E-state index in [-0.39, 0.29) is 17.4 Å². The number of amides is 1. The van der Waals surface area contributed by atoms with Crippen molar-refractivity contribution >= 4 is 21.8 Å². The molecule has 152 valence electrons. The summed E-state index contributed by atoms with van der Waals surface area (Å²) in [6, 6.07) is 5.56. The van der Waals surface area contributed by atoms with Gasteiger partial charge in [0.05, 0.1) is 18.6 Å². The van der Waals surface area contributed by atoms with E-state index in [4.69, 9.17) is 0 Å². The molecule has 0 radical (unpaired) electrons. The predicted octanol–water partition coefficient (Wildman–Crippen LogP) is 2.42. The van der Waals surface area contributed by atoms with Crippen LogP contribution in [0.25, 0.3) is 0 Å². The fourth-order valence-corrected chi connectivity index (χ4v) is 3.92. The Kier molecular flexibility index (Phi) is 7.06. The van der Waals surface area contributed by atoms with E-state index >= 15 is 0 Å². The summed E-state index contributed by atoms with van der Waals surface area (Å²) in [7, 11) is -2.53. The second-order valence-corrected chi connectivity index (χ2v) is 8.09. The lowest BCUT2D eigenvalue weighted by Gasteiger charge is -2.32. The number of anilines is 1. The van der Waals surface area contributed by atoms with Crippen LogP contribution in [0, 0.1) is 5.92 Å². The monoisotopic (exact) mass is 409 g/mol. The minimum atomic E-state index is -4.22. The lowest BCUT2D eigenvalue weighted by Crippen LogP contribution is -2.42. The molecule has 1 aliphatic heterocycles. The highest BCUT2D eigenvalue weighted by molar-refractivity contribution is 7.89. The highest BCUT2D eigenvalue weighted by Gasteiger charge is 2.32. The van der Waals surface area contributed by atoms with E-state index in [0.29, 0.717) is 31.6 Å². The number of likely N-dealkylation sites (tertiary alicyclic amines) is 1. The van der Waals surface area contributed by atoms with E-state index in [1.807, 2.05) is 0 Å². The van der Waals surface area contributed by atoms with Crippen molar-refractivity contribution < 1.29 is 31.1 Å². The molecule has 1 amide bonds. The number of rotatable bonds is 6. The van der Waals surface area contributed by atoms with Crippen LogP contribution < -0.4 is 10.0 Å². The zero-order valence-electron chi connectivity index (χ0n) is 14.8. The van der Waals surface area contributed by atoms with Crippen LogP contribution in [0.5, 0.6) is 0 Å². The zero-order valence-corrected chi connectivity index (χ0v) is 15.6. The van der Waals surface area contributed by atoms with E-state index in [0.717, 1.165) is 0 Å². The maximum absolute atomic E-state index is 12.4. The molecule has 1 saturated heterocycles. The van der Waals surface area contributed by atoms with Crippen LogP contribution in [0.15, 0.2) is 29.2 Å². The number of nitrogens with zero attached hydrogens (tertiary/aromatic N) is 1. The third-order valence-electron chi connectivity index (χ3n) is 4.27. The molecule has 1 aromatic rings. The first-order chi connectivity index (χ1) is 12.6. The van der Waals surface area contributed by atoms with Gasteiger partial charge in [-0.15, -0.1) is 0 Å². The van der Waals surface area contributed by atoms with Crippen molar-refractivity contribution in [2.45, 2.75) is 23.9 Å². The number of halogens is 3. The lowest BCUT2D eigenvalue weighted by molar-refractivity contribution is -0.148. The van der Waals surface area contributed by atoms with Gasteiger partial charge in [0, 0.05) is 12.2 Å². The van der Waals surface area contributed by atoms with Crippen LogP contribution >= 0.6 is 0 Å². The molecule has 2 rings (SSSR count). The SMILES string of the molecule is COC(=O)Nc1ccc(S(=O)(=O)NCC2CCN(CC(F)(F)F)CC2)cc1. The average molecular weight is 409 g/mol. The molecule has 1 aliphatic rings. The van der Waals surface area contributed by atoms with E-state index in [2.05, 4.69) is 14.8 Å². The first kappa shape index (κ1) is 21.5. The molecule has 1 fully saturated rings. The number of hydrogen-bond donors (Lipinski definition) is 2. The Labute approximate surface area is 155 Å². The number of hydrogen-bond acceptors (Lipinski definition) is 5. The number of benzene rings is 1. The second kappa shape index (κ2) is 8.89. The van der Waals surface area contributed by atoms with Gasteiger partial charge in [-0.1, -0.05) is 0 Å². The van der Waals surface area contributed by atoms with E-state index in [9.17, 15) is 26.4 Å². The molecule has 0 saturated carbocycles. The van der Waals surface area contributed by atoms with Gasteiger partial charge in [0.1, 0.15) is 0 Å². The summed E-state index contributed by atoms with van der Waals surface area (Å²) in [6.07, 6.45) is -3.88. The molecule has 0 aromatic heterocycles. The van der Waals surface area contributed by atoms with Crippen molar-refractivity contribution in [1.82, 2.24) is 9.62 Å². The quantitative estimate of drug-likeness (QED) is 0.754. The molecular weight excluding hydrogens is 387 g/mol. The molecule has 7 nitrogen and oxygen atoms in total. The van der Waals surface area contributed by atoms with Crippen LogP contribution in [0.1, 0.15) is 12.8 Å². The van der Waals surface area contributed by atoms with Crippen LogP contribution in [0.4, 0.5) is 23.7 Å². The lowest BCUT2D eigenvalue weighted by atomic mass is 9.97. The average Bonchev–Trinajstić information content (AvgIpc) is 2.60. The van der Waals surface area contributed by atoms with Crippen molar-refractivity contribution in [2.75, 3.05) is 38.6 Å². The zero-order chi connectivity index (χ0) is 20.1. The molecule has 27 heavy (non-hydrogen) atoms. The Hall–Kier alpha value is -1.85. The summed E-state index contributed by atoms with van der Waals surface area (Å²) < 4.78 is 68.8. The highest BCUT2D eigenvalue weighted by atomic mass is 32.2. The summed E-state index contributed by atoms with van der Waals surface area (Å²) in [6.45, 7) is -0.179. The third-order valence-corrected chi connectivity index (χ3v) is 5.71. The van der Waals surface area contributed by atoms with Gasteiger partial charge in [-0.25, -0.2) is 17.9 Å². The molecule has 0 atom stereocenters. The van der Waals surface area contributed by atoms with Crippen LogP contribution in [-0.4, -0.2) is 58.9 Å². The maximum Gasteiger partial charge on any atom is 0.411 e. The molecule has 0 aliphatic carbocycles. The molecule has 2 N–H and O–H groups in total. The number of methoxy groups -OCH3 is 1. The Morgan fingerprint density at radius 3 is 2.33 bits per heavy atom. The van der Waals surface area contributed by atoms with Crippen molar-refractivity contribution in [2.24, 2.45) is 5.92 Å². The summed E-state index contributed by atoms with van der Waals surface area (Å²) in [5.74, 6) is -0.00970. The van der Waals surface area contributed by atoms with Gasteiger partial charge in [-0.05, 0) is 56.1 Å². The van der Waals surface area contributed by atoms with E-state index in [1.165, 1.54) is 36.3 Å². The van der Waals surface area contributed by atoms with Gasteiger partial charge >= 0.3 is 12.3 Å². The number of carbonyl (C=O) groups excluding carboxylic acids is 1. The number of sulfonamides is 1. The topological polar surface area (TPSA) is 87.7 Å². The summed E-state index contributed by atoms with van der Waals surface area (Å²) in [5.41, 5.74) is 0.387. The van der Waals surface area contributed by atoms with Gasteiger partial charge in [-0.3, -0.25) is 10.2 Å². The summed E-state index contributed by atoms with van der Waals surface area (Å²) in [4.78, 5) is 12.5. The molecular formula is C16H22F3N3O4S. The van der Waals surface area contributed by atoms with Gasteiger partial charge in [0.2, 0.25) is 10.0 Å². The second-order valence-electron chi connectivity index (χ2n) is 6.33. The smallest absolute Gasteiger partial charge is 0.411 e. The highest BCUT2D eigenvalue weighted by Crippen LogP contribution is 2.22. The van der Waals surface area contributed by atoms with Gasteiger partial charge in [0.25, 0.3) is 0 Å². The first-order valence-corrected chi connectivity index (χ1v) is 9.81. The standard InChI is InChI=1S/C16H22F3N3O4S/c1-26-15(23)21-13-2-4-14(5-3-13)27(24,25)20-10-12-6-8-22(9-7-12)11-16(17,18)19/h2-5,12,20H,6-11H2,1H3,(H,21,23).